The molecule has 2 heterocycles. The molecule has 0 unspecified atom stereocenters. The molecule has 0 amide bonds. The van der Waals surface area contributed by atoms with E-state index in [0.29, 0.717) is 12.4 Å². The Labute approximate surface area is 124 Å². The van der Waals surface area contributed by atoms with Gasteiger partial charge in [0.25, 0.3) is 0 Å². The predicted octanol–water partition coefficient (Wildman–Crippen LogP) is 2.98. The van der Waals surface area contributed by atoms with Crippen molar-refractivity contribution in [3.05, 3.63) is 52.9 Å². The summed E-state index contributed by atoms with van der Waals surface area (Å²) in [6.45, 7) is 0.684. The largest absolute Gasteiger partial charge is 0.384 e. The predicted molar refractivity (Wildman–Crippen MR) is 83.2 cm³/mol. The van der Waals surface area contributed by atoms with E-state index < -0.39 is 0 Å². The minimum absolute atomic E-state index is 0.454. The number of rotatable bonds is 3. The Morgan fingerprint density at radius 1 is 1.10 bits per heavy atom. The summed E-state index contributed by atoms with van der Waals surface area (Å²) in [6.07, 6.45) is 3.21. The topological polar surface area (TPSA) is 76.7 Å². The molecular formula is C14H12BrN5. The standard InChI is InChI=1S/C14H12BrN5/c15-10-3-1-9(2-4-10)6-18-14-11-7-17-13(16)5-12(11)19-8-20-14/h1-5,7-8H,6H2,(H2,16,17)(H,18,19,20). The molecule has 0 radical (unpaired) electrons. The third kappa shape index (κ3) is 2.70. The SMILES string of the molecule is Nc1cc2ncnc(NCc3ccc(Br)cc3)c2cn1. The maximum Gasteiger partial charge on any atom is 0.139 e. The van der Waals surface area contributed by atoms with Gasteiger partial charge in [-0.3, -0.25) is 0 Å². The average molecular weight is 330 g/mol. The van der Waals surface area contributed by atoms with Crippen LogP contribution in [-0.2, 0) is 6.54 Å². The first-order valence-electron chi connectivity index (χ1n) is 6.07. The van der Waals surface area contributed by atoms with Gasteiger partial charge in [0.05, 0.1) is 10.9 Å². The number of nitrogen functional groups attached to an aromatic ring is 1. The molecule has 6 heteroatoms. The highest BCUT2D eigenvalue weighted by molar-refractivity contribution is 9.10. The van der Waals surface area contributed by atoms with Crippen molar-refractivity contribution in [1.82, 2.24) is 15.0 Å². The van der Waals surface area contributed by atoms with Gasteiger partial charge in [0, 0.05) is 23.3 Å². The summed E-state index contributed by atoms with van der Waals surface area (Å²) in [5.41, 5.74) is 7.61. The van der Waals surface area contributed by atoms with Gasteiger partial charge >= 0.3 is 0 Å². The molecule has 3 N–H and O–H groups in total. The van der Waals surface area contributed by atoms with E-state index in [0.717, 1.165) is 21.2 Å². The van der Waals surface area contributed by atoms with Crippen LogP contribution >= 0.6 is 15.9 Å². The lowest BCUT2D eigenvalue weighted by atomic mass is 10.2. The summed E-state index contributed by atoms with van der Waals surface area (Å²) in [7, 11) is 0. The van der Waals surface area contributed by atoms with E-state index in [4.69, 9.17) is 5.73 Å². The highest BCUT2D eigenvalue weighted by atomic mass is 79.9. The zero-order chi connectivity index (χ0) is 13.9. The Morgan fingerprint density at radius 2 is 1.90 bits per heavy atom. The maximum atomic E-state index is 5.66. The van der Waals surface area contributed by atoms with Gasteiger partial charge in [0.1, 0.15) is 18.0 Å². The van der Waals surface area contributed by atoms with Crippen LogP contribution in [-0.4, -0.2) is 15.0 Å². The quantitative estimate of drug-likeness (QED) is 0.772. The monoisotopic (exact) mass is 329 g/mol. The number of nitrogens with one attached hydrogen (secondary N) is 1. The molecule has 0 aliphatic carbocycles. The molecule has 0 saturated carbocycles. The highest BCUT2D eigenvalue weighted by Gasteiger charge is 2.04. The number of benzene rings is 1. The lowest BCUT2D eigenvalue weighted by molar-refractivity contribution is 1.10. The number of aromatic nitrogens is 3. The van der Waals surface area contributed by atoms with Crippen molar-refractivity contribution in [3.8, 4) is 0 Å². The fourth-order valence-corrected chi connectivity index (χ4v) is 2.16. The number of nitrogens with zero attached hydrogens (tertiary/aromatic N) is 3. The number of fused-ring (bicyclic) bond motifs is 1. The van der Waals surface area contributed by atoms with Gasteiger partial charge in [0.15, 0.2) is 0 Å². The molecular weight excluding hydrogens is 318 g/mol. The molecule has 0 spiro atoms. The van der Waals surface area contributed by atoms with E-state index in [9.17, 15) is 0 Å². The van der Waals surface area contributed by atoms with E-state index in [2.05, 4.69) is 48.3 Å². The number of pyridine rings is 1. The normalized spacial score (nSPS) is 10.7. The lowest BCUT2D eigenvalue weighted by Crippen LogP contribution is -2.03. The molecule has 1 aromatic carbocycles. The van der Waals surface area contributed by atoms with Crippen molar-refractivity contribution in [2.45, 2.75) is 6.54 Å². The molecule has 0 atom stereocenters. The highest BCUT2D eigenvalue weighted by Crippen LogP contribution is 2.20. The first-order valence-corrected chi connectivity index (χ1v) is 6.86. The Hall–Kier alpha value is -2.21. The summed E-state index contributed by atoms with van der Waals surface area (Å²) in [6, 6.07) is 9.87. The second-order valence-electron chi connectivity index (χ2n) is 4.33. The van der Waals surface area contributed by atoms with E-state index in [-0.39, 0.29) is 0 Å². The van der Waals surface area contributed by atoms with Gasteiger partial charge in [-0.2, -0.15) is 0 Å². The number of hydrogen-bond donors (Lipinski definition) is 2. The van der Waals surface area contributed by atoms with Gasteiger partial charge in [-0.15, -0.1) is 0 Å². The third-order valence-corrected chi connectivity index (χ3v) is 3.44. The van der Waals surface area contributed by atoms with Gasteiger partial charge in [-0.05, 0) is 17.7 Å². The van der Waals surface area contributed by atoms with Crippen molar-refractivity contribution >= 4 is 38.5 Å². The molecule has 3 aromatic rings. The molecule has 100 valence electrons. The zero-order valence-corrected chi connectivity index (χ0v) is 12.1. The first kappa shape index (κ1) is 12.8. The average Bonchev–Trinajstić information content (AvgIpc) is 2.46. The van der Waals surface area contributed by atoms with Crippen LogP contribution < -0.4 is 11.1 Å². The minimum Gasteiger partial charge on any atom is -0.384 e. The second-order valence-corrected chi connectivity index (χ2v) is 5.24. The Bertz CT molecular complexity index is 742. The molecule has 0 aliphatic heterocycles. The Balaban J connectivity index is 1.85. The van der Waals surface area contributed by atoms with Crippen LogP contribution in [0, 0.1) is 0 Å². The number of hydrogen-bond acceptors (Lipinski definition) is 5. The summed E-state index contributed by atoms with van der Waals surface area (Å²) >= 11 is 3.42. The van der Waals surface area contributed by atoms with Crippen LogP contribution in [0.5, 0.6) is 0 Å². The van der Waals surface area contributed by atoms with Crippen LogP contribution in [0.1, 0.15) is 5.56 Å². The minimum atomic E-state index is 0.454. The number of anilines is 2. The molecule has 2 aromatic heterocycles. The van der Waals surface area contributed by atoms with Crippen molar-refractivity contribution in [3.63, 3.8) is 0 Å². The van der Waals surface area contributed by atoms with Crippen molar-refractivity contribution in [1.29, 1.82) is 0 Å². The summed E-state index contributed by atoms with van der Waals surface area (Å²) in [5, 5.41) is 4.16. The van der Waals surface area contributed by atoms with Gasteiger partial charge < -0.3 is 11.1 Å². The third-order valence-electron chi connectivity index (χ3n) is 2.92. The first-order chi connectivity index (χ1) is 9.72. The van der Waals surface area contributed by atoms with Crippen molar-refractivity contribution in [2.24, 2.45) is 0 Å². The van der Waals surface area contributed by atoms with E-state index >= 15 is 0 Å². The van der Waals surface area contributed by atoms with E-state index in [1.807, 2.05) is 12.1 Å². The molecule has 3 rings (SSSR count). The molecule has 5 nitrogen and oxygen atoms in total. The van der Waals surface area contributed by atoms with Crippen LogP contribution in [0.3, 0.4) is 0 Å². The summed E-state index contributed by atoms with van der Waals surface area (Å²) < 4.78 is 1.06. The van der Waals surface area contributed by atoms with Crippen LogP contribution in [0.2, 0.25) is 0 Å². The van der Waals surface area contributed by atoms with E-state index in [1.165, 1.54) is 11.9 Å². The van der Waals surface area contributed by atoms with Gasteiger partial charge in [-0.1, -0.05) is 28.1 Å². The van der Waals surface area contributed by atoms with Gasteiger partial charge in [-0.25, -0.2) is 15.0 Å². The number of halogens is 1. The second kappa shape index (κ2) is 5.42. The lowest BCUT2D eigenvalue weighted by Gasteiger charge is -2.08. The molecule has 0 aliphatic rings. The van der Waals surface area contributed by atoms with Crippen molar-refractivity contribution < 1.29 is 0 Å². The molecule has 0 bridgehead atoms. The molecule has 0 saturated heterocycles. The molecule has 20 heavy (non-hydrogen) atoms. The van der Waals surface area contributed by atoms with Crippen LogP contribution in [0.4, 0.5) is 11.6 Å². The van der Waals surface area contributed by atoms with Crippen molar-refractivity contribution in [2.75, 3.05) is 11.1 Å². The van der Waals surface area contributed by atoms with E-state index in [1.54, 1.807) is 12.3 Å². The fourth-order valence-electron chi connectivity index (χ4n) is 1.90. The fraction of sp³-hybridized carbons (Fsp3) is 0.0714. The summed E-state index contributed by atoms with van der Waals surface area (Å²) in [4.78, 5) is 12.5. The smallest absolute Gasteiger partial charge is 0.139 e. The Kier molecular flexibility index (Phi) is 3.47. The zero-order valence-electron chi connectivity index (χ0n) is 10.5. The maximum absolute atomic E-state index is 5.66. The van der Waals surface area contributed by atoms with Gasteiger partial charge in [0.2, 0.25) is 0 Å². The summed E-state index contributed by atoms with van der Waals surface area (Å²) in [5.74, 6) is 1.21. The van der Waals surface area contributed by atoms with Crippen LogP contribution in [0.15, 0.2) is 47.3 Å². The Morgan fingerprint density at radius 3 is 2.70 bits per heavy atom. The molecule has 0 fully saturated rings. The number of nitrogens with two attached hydrogens (primary N) is 1. The van der Waals surface area contributed by atoms with Crippen LogP contribution in [0.25, 0.3) is 10.9 Å².